The van der Waals surface area contributed by atoms with Crippen LogP contribution in [0.25, 0.3) is 11.3 Å². The molecule has 0 amide bonds. The Morgan fingerprint density at radius 1 is 1.00 bits per heavy atom. The van der Waals surface area contributed by atoms with Gasteiger partial charge in [-0.2, -0.15) is 0 Å². The Kier molecular flexibility index (Phi) is 8.57. The molecular weight excluding hydrogens is 622 g/mol. The summed E-state index contributed by atoms with van der Waals surface area (Å²) in [5.41, 5.74) is -3.47. The SMILES string of the molecule is CC(=O)OCC1(C)C2C[C@H](OC(=O)Oc3ccccc3)[C@@]3(C)Oc4cc(-c5cccnc5)oc(=O)c4[C@H](O)C3[C@@]2(C)CC[C@@H]1OC(C)=O. The smallest absolute Gasteiger partial charge is 0.482 e. The van der Waals surface area contributed by atoms with Crippen LogP contribution in [0.1, 0.15) is 65.5 Å². The van der Waals surface area contributed by atoms with E-state index < -0.39 is 70.3 Å². The van der Waals surface area contributed by atoms with E-state index in [4.69, 9.17) is 28.1 Å². The minimum Gasteiger partial charge on any atom is -0.482 e. The summed E-state index contributed by atoms with van der Waals surface area (Å²) in [5.74, 6) is -1.76. The quantitative estimate of drug-likeness (QED) is 0.204. The van der Waals surface area contributed by atoms with Crippen molar-refractivity contribution in [2.45, 2.75) is 77.8 Å². The highest BCUT2D eigenvalue weighted by Crippen LogP contribution is 2.67. The molecule has 2 aromatic heterocycles. The van der Waals surface area contributed by atoms with Gasteiger partial charge < -0.3 is 33.2 Å². The second-order valence-corrected chi connectivity index (χ2v) is 13.6. The van der Waals surface area contributed by atoms with Gasteiger partial charge in [-0.25, -0.2) is 9.59 Å². The highest BCUT2D eigenvalue weighted by Gasteiger charge is 2.71. The lowest BCUT2D eigenvalue weighted by Gasteiger charge is -2.66. The van der Waals surface area contributed by atoms with Gasteiger partial charge in [0.05, 0.1) is 6.10 Å². The third-order valence-electron chi connectivity index (χ3n) is 10.6. The lowest BCUT2D eigenvalue weighted by atomic mass is 9.42. The molecule has 0 saturated heterocycles. The van der Waals surface area contributed by atoms with Crippen LogP contribution in [0.5, 0.6) is 11.5 Å². The zero-order valence-corrected chi connectivity index (χ0v) is 27.5. The van der Waals surface area contributed by atoms with Crippen molar-refractivity contribution >= 4 is 18.1 Å². The lowest BCUT2D eigenvalue weighted by molar-refractivity contribution is -0.267. The van der Waals surface area contributed by atoms with Crippen molar-refractivity contribution in [1.82, 2.24) is 4.98 Å². The number of carbonyl (C=O) groups excluding carboxylic acids is 3. The number of pyridine rings is 1. The van der Waals surface area contributed by atoms with E-state index in [-0.39, 0.29) is 35.9 Å². The molecule has 0 spiro atoms. The van der Waals surface area contributed by atoms with Crippen LogP contribution >= 0.6 is 0 Å². The van der Waals surface area contributed by atoms with Crippen molar-refractivity contribution in [3.05, 3.63) is 76.9 Å². The number of ether oxygens (including phenoxy) is 5. The predicted octanol–water partition coefficient (Wildman–Crippen LogP) is 5.41. The van der Waals surface area contributed by atoms with Gasteiger partial charge in [0.25, 0.3) is 0 Å². The summed E-state index contributed by atoms with van der Waals surface area (Å²) < 4.78 is 35.4. The van der Waals surface area contributed by atoms with Crippen molar-refractivity contribution in [3.63, 3.8) is 0 Å². The van der Waals surface area contributed by atoms with Crippen molar-refractivity contribution in [3.8, 4) is 22.8 Å². The number of aliphatic hydroxyl groups excluding tert-OH is 1. The van der Waals surface area contributed by atoms with Gasteiger partial charge in [0.15, 0.2) is 0 Å². The zero-order chi connectivity index (χ0) is 34.4. The standard InChI is InChI=1S/C36H39NO11/c1-20(38)43-19-35(4)26-17-28(47-33(42)45-23-11-7-6-8-12-23)36(5)31(34(26,3)14-13-27(35)44-21(2)39)30(40)29-25(48-36)16-24(46-32(29)41)22-10-9-15-37-18-22/h6-12,15-16,18,26-28,30-31,40H,13-14,17,19H2,1-5H3/t26?,27-,28-,30-,31?,34-,35?,36+/m0/s1. The molecule has 0 bridgehead atoms. The van der Waals surface area contributed by atoms with E-state index >= 15 is 0 Å². The molecule has 3 unspecified atom stereocenters. The molecule has 12 heteroatoms. The second kappa shape index (κ2) is 12.4. The number of rotatable bonds is 6. The van der Waals surface area contributed by atoms with Crippen LogP contribution in [-0.4, -0.2) is 52.6 Å². The number of hydrogen-bond donors (Lipinski definition) is 1. The van der Waals surface area contributed by atoms with Crippen LogP contribution in [-0.2, 0) is 23.8 Å². The number of aromatic nitrogens is 1. The molecule has 1 aliphatic heterocycles. The zero-order valence-electron chi connectivity index (χ0n) is 27.5. The summed E-state index contributed by atoms with van der Waals surface area (Å²) in [6.45, 7) is 8.12. The van der Waals surface area contributed by atoms with Crippen molar-refractivity contribution < 1.29 is 47.6 Å². The fraction of sp³-hybridized carbons (Fsp3) is 0.472. The first-order chi connectivity index (χ1) is 22.8. The number of esters is 2. The number of fused-ring (bicyclic) bond motifs is 4. The van der Waals surface area contributed by atoms with Gasteiger partial charge in [0.2, 0.25) is 0 Å². The van der Waals surface area contributed by atoms with Crippen LogP contribution in [0.15, 0.2) is 70.1 Å². The molecule has 6 rings (SSSR count). The number of carbonyl (C=O) groups is 3. The van der Waals surface area contributed by atoms with Gasteiger partial charge in [-0.1, -0.05) is 32.0 Å². The van der Waals surface area contributed by atoms with Crippen LogP contribution < -0.4 is 15.1 Å². The van der Waals surface area contributed by atoms with E-state index in [0.717, 1.165) is 0 Å². The Balaban J connectivity index is 1.48. The minimum atomic E-state index is -1.41. The highest BCUT2D eigenvalue weighted by atomic mass is 16.7. The summed E-state index contributed by atoms with van der Waals surface area (Å²) in [4.78, 5) is 55.4. The summed E-state index contributed by atoms with van der Waals surface area (Å²) in [5, 5.41) is 12.3. The lowest BCUT2D eigenvalue weighted by Crippen LogP contribution is -2.71. The van der Waals surface area contributed by atoms with E-state index in [1.165, 1.54) is 26.1 Å². The van der Waals surface area contributed by atoms with Gasteiger partial charge >= 0.3 is 23.7 Å². The average Bonchev–Trinajstić information content (AvgIpc) is 3.03. The molecule has 2 fully saturated rings. The molecule has 3 aromatic rings. The Morgan fingerprint density at radius 3 is 2.42 bits per heavy atom. The molecule has 48 heavy (non-hydrogen) atoms. The van der Waals surface area contributed by atoms with E-state index in [1.807, 2.05) is 13.8 Å². The maximum absolute atomic E-state index is 13.6. The van der Waals surface area contributed by atoms with Gasteiger partial charge in [-0.05, 0) is 61.8 Å². The van der Waals surface area contributed by atoms with E-state index in [1.54, 1.807) is 55.6 Å². The molecule has 2 aliphatic carbocycles. The Bertz CT molecular complexity index is 1760. The second-order valence-electron chi connectivity index (χ2n) is 13.6. The van der Waals surface area contributed by atoms with Gasteiger partial charge in [-0.15, -0.1) is 0 Å². The third kappa shape index (κ3) is 5.72. The maximum atomic E-state index is 13.6. The number of aliphatic hydroxyl groups is 1. The van der Waals surface area contributed by atoms with Crippen LogP contribution in [0.2, 0.25) is 0 Å². The predicted molar refractivity (Wildman–Crippen MR) is 169 cm³/mol. The van der Waals surface area contributed by atoms with E-state index in [2.05, 4.69) is 4.98 Å². The highest BCUT2D eigenvalue weighted by molar-refractivity contribution is 5.67. The molecule has 1 aromatic carbocycles. The summed E-state index contributed by atoms with van der Waals surface area (Å²) in [6, 6.07) is 13.4. The van der Waals surface area contributed by atoms with Gasteiger partial charge in [0.1, 0.15) is 47.2 Å². The molecule has 1 N–H and O–H groups in total. The van der Waals surface area contributed by atoms with Crippen molar-refractivity contribution in [2.24, 2.45) is 22.7 Å². The monoisotopic (exact) mass is 661 g/mol. The van der Waals surface area contributed by atoms with Crippen LogP contribution in [0.4, 0.5) is 4.79 Å². The molecule has 2 saturated carbocycles. The summed E-state index contributed by atoms with van der Waals surface area (Å²) >= 11 is 0. The van der Waals surface area contributed by atoms with Crippen molar-refractivity contribution in [2.75, 3.05) is 6.61 Å². The fourth-order valence-corrected chi connectivity index (χ4v) is 8.56. The van der Waals surface area contributed by atoms with Gasteiger partial charge in [0, 0.05) is 49.2 Å². The van der Waals surface area contributed by atoms with Crippen molar-refractivity contribution in [1.29, 1.82) is 0 Å². The first-order valence-electron chi connectivity index (χ1n) is 16.0. The first-order valence-corrected chi connectivity index (χ1v) is 16.0. The average molecular weight is 662 g/mol. The van der Waals surface area contributed by atoms with Crippen LogP contribution in [0.3, 0.4) is 0 Å². The topological polar surface area (TPSA) is 161 Å². The number of hydrogen-bond acceptors (Lipinski definition) is 12. The Hall–Kier alpha value is -4.71. The third-order valence-corrected chi connectivity index (χ3v) is 10.6. The number of para-hydroxylation sites is 1. The molecule has 254 valence electrons. The largest absolute Gasteiger partial charge is 0.514 e. The molecular formula is C36H39NO11. The Morgan fingerprint density at radius 2 is 1.75 bits per heavy atom. The van der Waals surface area contributed by atoms with Crippen LogP contribution in [0, 0.1) is 22.7 Å². The number of benzene rings is 1. The summed E-state index contributed by atoms with van der Waals surface area (Å²) in [7, 11) is 0. The summed E-state index contributed by atoms with van der Waals surface area (Å²) in [6.07, 6.45) is 0.0263. The van der Waals surface area contributed by atoms with E-state index in [0.29, 0.717) is 18.4 Å². The normalized spacial score (nSPS) is 31.9. The molecule has 3 aliphatic rings. The maximum Gasteiger partial charge on any atom is 0.514 e. The fourth-order valence-electron chi connectivity index (χ4n) is 8.56. The molecule has 0 radical (unpaired) electrons. The first kappa shape index (κ1) is 33.2. The molecule has 12 nitrogen and oxygen atoms in total. The minimum absolute atomic E-state index is 0.0543. The Labute approximate surface area is 277 Å². The molecule has 3 heterocycles. The molecule has 8 atom stereocenters. The van der Waals surface area contributed by atoms with E-state index in [9.17, 15) is 24.3 Å². The number of nitrogens with zero attached hydrogens (tertiary/aromatic N) is 1. The van der Waals surface area contributed by atoms with Gasteiger partial charge in [-0.3, -0.25) is 14.6 Å².